The van der Waals surface area contributed by atoms with Gasteiger partial charge in [-0.05, 0) is 0 Å². The first-order chi connectivity index (χ1) is 1.73. The molecule has 4 N–H and O–H groups in total. The van der Waals surface area contributed by atoms with Crippen molar-refractivity contribution in [2.24, 2.45) is 0 Å². The Morgan fingerprint density at radius 2 is 1.40 bits per heavy atom. The van der Waals surface area contributed by atoms with Crippen LogP contribution in [0.15, 0.2) is 0 Å². The Labute approximate surface area is 31.9 Å². The first kappa shape index (κ1) is 8.90. The predicted molar refractivity (Wildman–Crippen MR) is 15.7 cm³/mol. The fourth-order valence-electron chi connectivity index (χ4n) is 0. The molecule has 0 aromatic heterocycles. The molecule has 0 aliphatic carbocycles. The second-order valence-electron chi connectivity index (χ2n) is 0.204. The Kier molecular flexibility index (Phi) is 7.17. The molecule has 0 saturated heterocycles. The lowest BCUT2D eigenvalue weighted by molar-refractivity contribution is 0.419. The van der Waals surface area contributed by atoms with Gasteiger partial charge in [0.1, 0.15) is 0 Å². The molecule has 0 unspecified atom stereocenters. The Morgan fingerprint density at radius 3 is 1.40 bits per heavy atom. The maximum atomic E-state index is 8.44. The summed E-state index contributed by atoms with van der Waals surface area (Å²) in [6, 6.07) is 0. The van der Waals surface area contributed by atoms with Crippen LogP contribution in [0.2, 0.25) is 0 Å². The van der Waals surface area contributed by atoms with Gasteiger partial charge in [-0.2, -0.15) is 0 Å². The van der Waals surface area contributed by atoms with Crippen LogP contribution in [0.25, 0.3) is 0 Å². The van der Waals surface area contributed by atoms with E-state index in [0.717, 1.165) is 0 Å². The van der Waals surface area contributed by atoms with Gasteiger partial charge in [-0.25, -0.2) is 0 Å². The van der Waals surface area contributed by atoms with Gasteiger partial charge in [0.05, 0.1) is 0 Å². The van der Waals surface area contributed by atoms with E-state index < -0.39 is 11.4 Å². The minimum atomic E-state index is -3.11. The van der Waals surface area contributed by atoms with Gasteiger partial charge in [-0.3, -0.25) is 4.21 Å². The van der Waals surface area contributed by atoms with Crippen molar-refractivity contribution < 1.29 is 13.3 Å². The van der Waals surface area contributed by atoms with Crippen molar-refractivity contribution in [3.63, 3.8) is 0 Å². The van der Waals surface area contributed by atoms with Crippen LogP contribution in [0.3, 0.4) is 0 Å². The lowest BCUT2D eigenvalue weighted by Crippen LogP contribution is -1.76. The molecular formula is H4NO3S-. The van der Waals surface area contributed by atoms with Gasteiger partial charge in [-0.1, -0.05) is 0 Å². The minimum Gasteiger partial charge on any atom is -0.784 e. The molecule has 0 rings (SSSR count). The van der Waals surface area contributed by atoms with E-state index in [0.29, 0.717) is 0 Å². The van der Waals surface area contributed by atoms with Gasteiger partial charge in [-0.15, -0.1) is 11.4 Å². The van der Waals surface area contributed by atoms with E-state index in [-0.39, 0.29) is 6.15 Å². The zero-order valence-corrected chi connectivity index (χ0v) is 3.45. The first-order valence-electron chi connectivity index (χ1n) is 0.500. The van der Waals surface area contributed by atoms with Crippen LogP contribution < -0.4 is 6.15 Å². The summed E-state index contributed by atoms with van der Waals surface area (Å²) in [6.07, 6.45) is 0. The van der Waals surface area contributed by atoms with Gasteiger partial charge in [0.25, 0.3) is 0 Å². The van der Waals surface area contributed by atoms with Crippen LogP contribution in [0.5, 0.6) is 0 Å². The highest BCUT2D eigenvalue weighted by atomic mass is 32.2. The average molecular weight is 98.1 g/mol. The second-order valence-corrected chi connectivity index (χ2v) is 0.612. The summed E-state index contributed by atoms with van der Waals surface area (Å²) in [6.45, 7) is 0. The third kappa shape index (κ3) is 18500. The van der Waals surface area contributed by atoms with Crippen molar-refractivity contribution in [2.75, 3.05) is 0 Å². The van der Waals surface area contributed by atoms with Crippen molar-refractivity contribution in [1.82, 2.24) is 6.15 Å². The fraction of sp³-hybridized carbons (Fsp3) is 0. The standard InChI is InChI=1S/H3N.H2O3S/c;1-4(2)3/h1H3;(H2,1,2,3)/p-1. The largest absolute Gasteiger partial charge is 0.784 e. The van der Waals surface area contributed by atoms with Gasteiger partial charge in [0.2, 0.25) is 0 Å². The average Bonchev–Trinajstić information content (AvgIpc) is 0.811. The van der Waals surface area contributed by atoms with Crippen molar-refractivity contribution in [2.45, 2.75) is 0 Å². The zero-order valence-electron chi connectivity index (χ0n) is 2.63. The van der Waals surface area contributed by atoms with Crippen LogP contribution in [0.1, 0.15) is 0 Å². The third-order valence-electron chi connectivity index (χ3n) is 0. The summed E-state index contributed by atoms with van der Waals surface area (Å²) in [7, 11) is 0. The van der Waals surface area contributed by atoms with E-state index in [2.05, 4.69) is 0 Å². The van der Waals surface area contributed by atoms with Gasteiger partial charge < -0.3 is 15.3 Å². The summed E-state index contributed by atoms with van der Waals surface area (Å²) in [4.78, 5) is 0. The van der Waals surface area contributed by atoms with Crippen LogP contribution in [-0.4, -0.2) is 13.3 Å². The summed E-state index contributed by atoms with van der Waals surface area (Å²) in [5, 5.41) is 0. The van der Waals surface area contributed by atoms with Crippen LogP contribution in [-0.2, 0) is 11.4 Å². The molecular weight excluding hydrogens is 94.1 g/mol. The summed E-state index contributed by atoms with van der Waals surface area (Å²) in [5.74, 6) is 0. The molecule has 0 heterocycles. The third-order valence-corrected chi connectivity index (χ3v) is 0. The smallest absolute Gasteiger partial charge is 0.142 e. The van der Waals surface area contributed by atoms with Crippen molar-refractivity contribution in [1.29, 1.82) is 0 Å². The van der Waals surface area contributed by atoms with Gasteiger partial charge in [0.15, 0.2) is 0 Å². The Morgan fingerprint density at radius 1 is 1.40 bits per heavy atom. The van der Waals surface area contributed by atoms with Gasteiger partial charge >= 0.3 is 0 Å². The van der Waals surface area contributed by atoms with E-state index in [1.807, 2.05) is 0 Å². The SMILES string of the molecule is O=S([O-])[O-].[NH4+]. The Balaban J connectivity index is 0. The maximum absolute atomic E-state index is 8.44. The highest BCUT2D eigenvalue weighted by Gasteiger charge is 1.20. The van der Waals surface area contributed by atoms with E-state index in [1.165, 1.54) is 0 Å². The maximum Gasteiger partial charge on any atom is -0.142 e. The molecule has 0 spiro atoms. The number of quaternary nitrogens is 1. The van der Waals surface area contributed by atoms with Crippen molar-refractivity contribution >= 4 is 11.4 Å². The summed E-state index contributed by atoms with van der Waals surface area (Å²) >= 11 is -3.11. The van der Waals surface area contributed by atoms with E-state index in [4.69, 9.17) is 13.3 Å². The van der Waals surface area contributed by atoms with Crippen LogP contribution in [0, 0.1) is 0 Å². The van der Waals surface area contributed by atoms with Crippen molar-refractivity contribution in [3.8, 4) is 0 Å². The molecule has 34 valence electrons. The molecule has 5 heavy (non-hydrogen) atoms. The lowest BCUT2D eigenvalue weighted by atomic mass is 14.0. The molecule has 0 aromatic rings. The minimum absolute atomic E-state index is 0. The number of hydrogen-bond acceptors (Lipinski definition) is 3. The molecule has 0 aromatic carbocycles. The van der Waals surface area contributed by atoms with Crippen molar-refractivity contribution in [3.05, 3.63) is 0 Å². The molecule has 0 radical (unpaired) electrons. The highest BCUT2D eigenvalue weighted by Crippen LogP contribution is 1.42. The molecule has 4 nitrogen and oxygen atoms in total. The topological polar surface area (TPSA) is 99.7 Å². The lowest BCUT2D eigenvalue weighted by Gasteiger charge is -2.03. The Hall–Kier alpha value is 0.0300. The van der Waals surface area contributed by atoms with E-state index in [9.17, 15) is 0 Å². The normalized spacial score (nSPS) is 7.00. The first-order valence-corrected chi connectivity index (χ1v) is 1.50. The molecule has 0 bridgehead atoms. The molecule has 0 amide bonds. The van der Waals surface area contributed by atoms with E-state index >= 15 is 0 Å². The molecule has 0 saturated carbocycles. The molecule has 0 fully saturated rings. The monoisotopic (exact) mass is 98.0 g/mol. The number of rotatable bonds is 0. The van der Waals surface area contributed by atoms with Crippen LogP contribution >= 0.6 is 0 Å². The Bertz CT molecular complexity index is 29.9. The predicted octanol–water partition coefficient (Wildman–Crippen LogP) is -0.628. The van der Waals surface area contributed by atoms with E-state index in [1.54, 1.807) is 0 Å². The highest BCUT2D eigenvalue weighted by molar-refractivity contribution is 7.72. The quantitative estimate of drug-likeness (QED) is 0.408. The molecule has 0 atom stereocenters. The molecule has 5 heteroatoms. The van der Waals surface area contributed by atoms with Gasteiger partial charge in [0, 0.05) is 0 Å². The second kappa shape index (κ2) is 4.03. The summed E-state index contributed by atoms with van der Waals surface area (Å²) < 4.78 is 25.3. The summed E-state index contributed by atoms with van der Waals surface area (Å²) in [5.41, 5.74) is 0. The number of hydrogen-bond donors (Lipinski definition) is 1. The molecule has 0 aliphatic rings. The van der Waals surface area contributed by atoms with Crippen LogP contribution in [0.4, 0.5) is 0 Å². The zero-order chi connectivity index (χ0) is 3.58. The fourth-order valence-corrected chi connectivity index (χ4v) is 0. The molecule has 0 aliphatic heterocycles.